The Kier molecular flexibility index (Phi) is 5.57. The molecule has 3 nitrogen and oxygen atoms in total. The maximum atomic E-state index is 11.3. The average molecular weight is 217 g/mol. The van der Waals surface area contributed by atoms with Crippen molar-refractivity contribution in [1.82, 2.24) is 0 Å². The fraction of sp³-hybridized carbons (Fsp3) is 0.308. The van der Waals surface area contributed by atoms with E-state index in [0.717, 1.165) is 24.9 Å². The number of terminal acetylenes is 1. The molecular weight excluding hydrogens is 202 g/mol. The third-order valence-electron chi connectivity index (χ3n) is 1.97. The van der Waals surface area contributed by atoms with Gasteiger partial charge in [0.05, 0.1) is 6.61 Å². The number of para-hydroxylation sites is 1. The van der Waals surface area contributed by atoms with Gasteiger partial charge < -0.3 is 4.74 Å². The third-order valence-corrected chi connectivity index (χ3v) is 1.97. The Labute approximate surface area is 95.8 Å². The number of anilines is 1. The van der Waals surface area contributed by atoms with Gasteiger partial charge in [-0.25, -0.2) is 4.79 Å². The van der Waals surface area contributed by atoms with E-state index < -0.39 is 6.09 Å². The van der Waals surface area contributed by atoms with Crippen LogP contribution in [0, 0.1) is 12.3 Å². The summed E-state index contributed by atoms with van der Waals surface area (Å²) in [6, 6.07) is 9.20. The Balaban J connectivity index is 2.15. The summed E-state index contributed by atoms with van der Waals surface area (Å²) < 4.78 is 4.97. The number of unbranched alkanes of at least 4 members (excludes halogenated alkanes) is 2. The lowest BCUT2D eigenvalue weighted by molar-refractivity contribution is 0.159. The molecule has 1 aromatic rings. The second-order valence-electron chi connectivity index (χ2n) is 3.29. The molecule has 0 aliphatic heterocycles. The SMILES string of the molecule is C#CCCCCOC(=O)Nc1ccccc1. The summed E-state index contributed by atoms with van der Waals surface area (Å²) in [5.41, 5.74) is 0.733. The van der Waals surface area contributed by atoms with Gasteiger partial charge in [0.25, 0.3) is 0 Å². The van der Waals surface area contributed by atoms with Gasteiger partial charge in [0.2, 0.25) is 0 Å². The Morgan fingerprint density at radius 2 is 2.06 bits per heavy atom. The topological polar surface area (TPSA) is 38.3 Å². The molecule has 0 bridgehead atoms. The van der Waals surface area contributed by atoms with Gasteiger partial charge in [-0.3, -0.25) is 5.32 Å². The molecule has 0 fully saturated rings. The minimum atomic E-state index is -0.424. The second-order valence-corrected chi connectivity index (χ2v) is 3.29. The Morgan fingerprint density at radius 3 is 2.75 bits per heavy atom. The number of nitrogens with one attached hydrogen (secondary N) is 1. The van der Waals surface area contributed by atoms with Crippen molar-refractivity contribution in [2.45, 2.75) is 19.3 Å². The van der Waals surface area contributed by atoms with Crippen molar-refractivity contribution in [2.75, 3.05) is 11.9 Å². The second kappa shape index (κ2) is 7.36. The Morgan fingerprint density at radius 1 is 1.31 bits per heavy atom. The Bertz CT molecular complexity index is 354. The van der Waals surface area contributed by atoms with Gasteiger partial charge >= 0.3 is 6.09 Å². The molecule has 0 aromatic heterocycles. The molecule has 1 rings (SSSR count). The van der Waals surface area contributed by atoms with Crippen LogP contribution in [-0.2, 0) is 4.74 Å². The van der Waals surface area contributed by atoms with Crippen LogP contribution in [0.3, 0.4) is 0 Å². The third kappa shape index (κ3) is 5.06. The molecule has 0 aliphatic carbocycles. The Hall–Kier alpha value is -1.95. The smallest absolute Gasteiger partial charge is 0.411 e. The molecule has 0 radical (unpaired) electrons. The first-order valence-electron chi connectivity index (χ1n) is 5.25. The maximum absolute atomic E-state index is 11.3. The van der Waals surface area contributed by atoms with Crippen molar-refractivity contribution in [2.24, 2.45) is 0 Å². The van der Waals surface area contributed by atoms with E-state index in [0.29, 0.717) is 6.61 Å². The van der Waals surface area contributed by atoms with Gasteiger partial charge in [-0.2, -0.15) is 0 Å². The lowest BCUT2D eigenvalue weighted by Gasteiger charge is -2.05. The zero-order valence-electron chi connectivity index (χ0n) is 9.11. The summed E-state index contributed by atoms with van der Waals surface area (Å²) in [5.74, 6) is 2.54. The molecule has 1 amide bonds. The highest BCUT2D eigenvalue weighted by atomic mass is 16.5. The van der Waals surface area contributed by atoms with E-state index in [1.165, 1.54) is 0 Å². The first-order chi connectivity index (χ1) is 7.83. The molecule has 0 unspecified atom stereocenters. The van der Waals surface area contributed by atoms with Crippen LogP contribution in [0.5, 0.6) is 0 Å². The largest absolute Gasteiger partial charge is 0.449 e. The molecule has 0 saturated heterocycles. The molecule has 0 aliphatic rings. The fourth-order valence-corrected chi connectivity index (χ4v) is 1.17. The van der Waals surface area contributed by atoms with Gasteiger partial charge in [-0.05, 0) is 25.0 Å². The highest BCUT2D eigenvalue weighted by Gasteiger charge is 2.01. The van der Waals surface area contributed by atoms with Gasteiger partial charge in [0.1, 0.15) is 0 Å². The van der Waals surface area contributed by atoms with Crippen molar-refractivity contribution >= 4 is 11.8 Å². The number of hydrogen-bond acceptors (Lipinski definition) is 2. The molecule has 0 atom stereocenters. The highest BCUT2D eigenvalue weighted by molar-refractivity contribution is 5.84. The number of amides is 1. The van der Waals surface area contributed by atoms with E-state index in [1.807, 2.05) is 18.2 Å². The van der Waals surface area contributed by atoms with E-state index in [9.17, 15) is 4.79 Å². The van der Waals surface area contributed by atoms with Crippen molar-refractivity contribution in [1.29, 1.82) is 0 Å². The van der Waals surface area contributed by atoms with E-state index in [1.54, 1.807) is 12.1 Å². The molecule has 3 heteroatoms. The average Bonchev–Trinajstić information content (AvgIpc) is 2.30. The molecule has 84 valence electrons. The van der Waals surface area contributed by atoms with E-state index in [4.69, 9.17) is 11.2 Å². The number of ether oxygens (including phenoxy) is 1. The summed E-state index contributed by atoms with van der Waals surface area (Å²) in [5, 5.41) is 2.63. The van der Waals surface area contributed by atoms with Crippen LogP contribution in [0.25, 0.3) is 0 Å². The van der Waals surface area contributed by atoms with E-state index in [-0.39, 0.29) is 0 Å². The molecule has 1 N–H and O–H groups in total. The van der Waals surface area contributed by atoms with Crippen LogP contribution >= 0.6 is 0 Å². The molecule has 1 aromatic carbocycles. The molecule has 16 heavy (non-hydrogen) atoms. The quantitative estimate of drug-likeness (QED) is 0.608. The van der Waals surface area contributed by atoms with Crippen LogP contribution in [0.2, 0.25) is 0 Å². The van der Waals surface area contributed by atoms with Crippen molar-refractivity contribution in [3.8, 4) is 12.3 Å². The standard InChI is InChI=1S/C13H15NO2/c1-2-3-4-8-11-16-13(15)14-12-9-6-5-7-10-12/h1,5-7,9-10H,3-4,8,11H2,(H,14,15). The molecular formula is C13H15NO2. The van der Waals surface area contributed by atoms with Crippen molar-refractivity contribution in [3.63, 3.8) is 0 Å². The van der Waals surface area contributed by atoms with E-state index in [2.05, 4.69) is 11.2 Å². The van der Waals surface area contributed by atoms with Gasteiger partial charge in [0.15, 0.2) is 0 Å². The summed E-state index contributed by atoms with van der Waals surface area (Å²) >= 11 is 0. The lowest BCUT2D eigenvalue weighted by Crippen LogP contribution is -2.14. The summed E-state index contributed by atoms with van der Waals surface area (Å²) in [4.78, 5) is 11.3. The zero-order chi connectivity index (χ0) is 11.6. The molecule has 0 saturated carbocycles. The molecule has 0 spiro atoms. The van der Waals surface area contributed by atoms with Crippen molar-refractivity contribution in [3.05, 3.63) is 30.3 Å². The normalized spacial score (nSPS) is 9.19. The van der Waals surface area contributed by atoms with Crippen LogP contribution in [-0.4, -0.2) is 12.7 Å². The predicted octanol–water partition coefficient (Wildman–Crippen LogP) is 3.04. The summed E-state index contributed by atoms with van der Waals surface area (Å²) in [7, 11) is 0. The molecule has 0 heterocycles. The summed E-state index contributed by atoms with van der Waals surface area (Å²) in [6.45, 7) is 0.403. The van der Waals surface area contributed by atoms with Crippen LogP contribution in [0.15, 0.2) is 30.3 Å². The van der Waals surface area contributed by atoms with Crippen LogP contribution in [0.4, 0.5) is 10.5 Å². The van der Waals surface area contributed by atoms with E-state index >= 15 is 0 Å². The monoisotopic (exact) mass is 217 g/mol. The highest BCUT2D eigenvalue weighted by Crippen LogP contribution is 2.05. The number of carbonyl (C=O) groups is 1. The van der Waals surface area contributed by atoms with Crippen molar-refractivity contribution < 1.29 is 9.53 Å². The number of carbonyl (C=O) groups excluding carboxylic acids is 1. The van der Waals surface area contributed by atoms with Crippen LogP contribution in [0.1, 0.15) is 19.3 Å². The first-order valence-corrected chi connectivity index (χ1v) is 5.25. The van der Waals surface area contributed by atoms with Gasteiger partial charge in [-0.1, -0.05) is 18.2 Å². The number of benzene rings is 1. The minimum Gasteiger partial charge on any atom is -0.449 e. The first kappa shape index (κ1) is 12.1. The number of rotatable bonds is 5. The van der Waals surface area contributed by atoms with Crippen LogP contribution < -0.4 is 5.32 Å². The predicted molar refractivity (Wildman–Crippen MR) is 64.1 cm³/mol. The lowest BCUT2D eigenvalue weighted by atomic mass is 10.2. The fourth-order valence-electron chi connectivity index (χ4n) is 1.17. The van der Waals surface area contributed by atoms with Gasteiger partial charge in [-0.15, -0.1) is 12.3 Å². The maximum Gasteiger partial charge on any atom is 0.411 e. The minimum absolute atomic E-state index is 0.403. The zero-order valence-corrected chi connectivity index (χ0v) is 9.11. The van der Waals surface area contributed by atoms with Gasteiger partial charge in [0, 0.05) is 12.1 Å². The summed E-state index contributed by atoms with van der Waals surface area (Å²) in [6.07, 6.45) is 7.09. The number of hydrogen-bond donors (Lipinski definition) is 1.